The Labute approximate surface area is 173 Å². The zero-order valence-corrected chi connectivity index (χ0v) is 16.8. The molecule has 28 heavy (non-hydrogen) atoms. The SMILES string of the molecule is CN(CC(=O)Nc1ccc(N2CCOCC2)cc1)C(=O)c1cnc(Cl)c(Cl)c1. The van der Waals surface area contributed by atoms with E-state index >= 15 is 0 Å². The average Bonchev–Trinajstić information content (AvgIpc) is 2.70. The van der Waals surface area contributed by atoms with E-state index in [9.17, 15) is 9.59 Å². The molecular formula is C19H20Cl2N4O3. The number of carbonyl (C=O) groups is 2. The highest BCUT2D eigenvalue weighted by Crippen LogP contribution is 2.21. The summed E-state index contributed by atoms with van der Waals surface area (Å²) in [5.41, 5.74) is 2.01. The van der Waals surface area contributed by atoms with E-state index in [1.54, 1.807) is 0 Å². The van der Waals surface area contributed by atoms with Gasteiger partial charge < -0.3 is 19.9 Å². The van der Waals surface area contributed by atoms with Gasteiger partial charge in [-0.05, 0) is 30.3 Å². The van der Waals surface area contributed by atoms with Gasteiger partial charge in [0.05, 0.1) is 30.3 Å². The molecule has 1 aromatic carbocycles. The van der Waals surface area contributed by atoms with E-state index in [1.165, 1.54) is 24.2 Å². The number of nitrogens with one attached hydrogen (secondary N) is 1. The van der Waals surface area contributed by atoms with Gasteiger partial charge in [-0.2, -0.15) is 0 Å². The first kappa shape index (κ1) is 20.4. The lowest BCUT2D eigenvalue weighted by atomic mass is 10.2. The summed E-state index contributed by atoms with van der Waals surface area (Å²) in [7, 11) is 1.53. The summed E-state index contributed by atoms with van der Waals surface area (Å²) in [6.45, 7) is 3.02. The summed E-state index contributed by atoms with van der Waals surface area (Å²) in [5.74, 6) is -0.674. The van der Waals surface area contributed by atoms with E-state index in [4.69, 9.17) is 27.9 Å². The maximum atomic E-state index is 12.4. The van der Waals surface area contributed by atoms with Crippen LogP contribution in [0.3, 0.4) is 0 Å². The largest absolute Gasteiger partial charge is 0.378 e. The second kappa shape index (κ2) is 9.23. The molecule has 1 saturated heterocycles. The average molecular weight is 423 g/mol. The van der Waals surface area contributed by atoms with E-state index in [0.717, 1.165) is 18.8 Å². The lowest BCUT2D eigenvalue weighted by molar-refractivity contribution is -0.116. The molecule has 0 unspecified atom stereocenters. The van der Waals surface area contributed by atoms with E-state index in [1.807, 2.05) is 24.3 Å². The molecule has 2 heterocycles. The number of likely N-dealkylation sites (N-methyl/N-ethyl adjacent to an activating group) is 1. The number of benzene rings is 1. The molecule has 1 aromatic heterocycles. The van der Waals surface area contributed by atoms with Gasteiger partial charge in [-0.3, -0.25) is 9.59 Å². The predicted octanol–water partition coefficient (Wildman–Crippen LogP) is 2.94. The minimum absolute atomic E-state index is 0.107. The molecule has 0 spiro atoms. The van der Waals surface area contributed by atoms with Gasteiger partial charge >= 0.3 is 0 Å². The van der Waals surface area contributed by atoms with Gasteiger partial charge in [0.15, 0.2) is 0 Å². The molecule has 7 nitrogen and oxygen atoms in total. The van der Waals surface area contributed by atoms with Crippen LogP contribution in [0.2, 0.25) is 10.2 Å². The van der Waals surface area contributed by atoms with Crippen molar-refractivity contribution in [3.63, 3.8) is 0 Å². The molecule has 3 rings (SSSR count). The zero-order chi connectivity index (χ0) is 20.1. The van der Waals surface area contributed by atoms with Crippen molar-refractivity contribution in [3.8, 4) is 0 Å². The number of carbonyl (C=O) groups excluding carboxylic acids is 2. The van der Waals surface area contributed by atoms with Crippen LogP contribution >= 0.6 is 23.2 Å². The normalized spacial score (nSPS) is 13.9. The van der Waals surface area contributed by atoms with E-state index in [-0.39, 0.29) is 34.1 Å². The van der Waals surface area contributed by atoms with Gasteiger partial charge in [0.2, 0.25) is 5.91 Å². The number of halogens is 2. The fourth-order valence-corrected chi connectivity index (χ4v) is 3.09. The van der Waals surface area contributed by atoms with Crippen LogP contribution in [0.4, 0.5) is 11.4 Å². The van der Waals surface area contributed by atoms with Gasteiger partial charge in [-0.15, -0.1) is 0 Å². The van der Waals surface area contributed by atoms with Crippen molar-refractivity contribution in [1.29, 1.82) is 0 Å². The minimum Gasteiger partial charge on any atom is -0.378 e. The molecule has 0 bridgehead atoms. The molecule has 2 aromatic rings. The number of morpholine rings is 1. The van der Waals surface area contributed by atoms with E-state index in [0.29, 0.717) is 18.9 Å². The van der Waals surface area contributed by atoms with Crippen molar-refractivity contribution in [1.82, 2.24) is 9.88 Å². The Hall–Kier alpha value is -2.35. The summed E-state index contributed by atoms with van der Waals surface area (Å²) < 4.78 is 5.35. The number of anilines is 2. The van der Waals surface area contributed by atoms with E-state index < -0.39 is 0 Å². The summed E-state index contributed by atoms with van der Waals surface area (Å²) >= 11 is 11.6. The van der Waals surface area contributed by atoms with Crippen LogP contribution in [0.25, 0.3) is 0 Å². The molecule has 9 heteroatoms. The van der Waals surface area contributed by atoms with Gasteiger partial charge in [-0.1, -0.05) is 23.2 Å². The molecule has 1 fully saturated rings. The van der Waals surface area contributed by atoms with Crippen molar-refractivity contribution in [2.75, 3.05) is 50.1 Å². The fourth-order valence-electron chi connectivity index (χ4n) is 2.82. The molecule has 2 amide bonds. The third-order valence-electron chi connectivity index (χ3n) is 4.30. The Kier molecular flexibility index (Phi) is 6.72. The zero-order valence-electron chi connectivity index (χ0n) is 15.3. The number of ether oxygens (including phenoxy) is 1. The summed E-state index contributed by atoms with van der Waals surface area (Å²) in [6, 6.07) is 9.02. The van der Waals surface area contributed by atoms with Crippen LogP contribution in [-0.2, 0) is 9.53 Å². The molecule has 0 aliphatic carbocycles. The second-order valence-electron chi connectivity index (χ2n) is 6.35. The fraction of sp³-hybridized carbons (Fsp3) is 0.316. The Morgan fingerprint density at radius 3 is 2.54 bits per heavy atom. The van der Waals surface area contributed by atoms with Crippen LogP contribution in [0.1, 0.15) is 10.4 Å². The first-order valence-corrected chi connectivity index (χ1v) is 9.49. The topological polar surface area (TPSA) is 74.8 Å². The van der Waals surface area contributed by atoms with Crippen LogP contribution in [0, 0.1) is 0 Å². The van der Waals surface area contributed by atoms with Crippen molar-refractivity contribution < 1.29 is 14.3 Å². The number of rotatable bonds is 5. The third-order valence-corrected chi connectivity index (χ3v) is 4.98. The first-order valence-electron chi connectivity index (χ1n) is 8.73. The number of hydrogen-bond acceptors (Lipinski definition) is 5. The smallest absolute Gasteiger partial charge is 0.255 e. The highest BCUT2D eigenvalue weighted by molar-refractivity contribution is 6.41. The Balaban J connectivity index is 1.55. The second-order valence-corrected chi connectivity index (χ2v) is 7.12. The van der Waals surface area contributed by atoms with E-state index in [2.05, 4.69) is 15.2 Å². The van der Waals surface area contributed by atoms with Crippen LogP contribution in [0.5, 0.6) is 0 Å². The Bertz CT molecular complexity index is 855. The Morgan fingerprint density at radius 2 is 1.89 bits per heavy atom. The molecule has 1 aliphatic rings. The molecule has 1 aliphatic heterocycles. The van der Waals surface area contributed by atoms with Crippen LogP contribution in [0.15, 0.2) is 36.5 Å². The van der Waals surface area contributed by atoms with Gasteiger partial charge in [0.1, 0.15) is 5.15 Å². The molecule has 1 N–H and O–H groups in total. The lowest BCUT2D eigenvalue weighted by Crippen LogP contribution is -2.36. The Morgan fingerprint density at radius 1 is 1.21 bits per heavy atom. The molecular weight excluding hydrogens is 403 g/mol. The predicted molar refractivity (Wildman–Crippen MR) is 109 cm³/mol. The van der Waals surface area contributed by atoms with Crippen molar-refractivity contribution in [2.45, 2.75) is 0 Å². The molecule has 0 atom stereocenters. The van der Waals surface area contributed by atoms with Gasteiger partial charge in [0.25, 0.3) is 5.91 Å². The van der Waals surface area contributed by atoms with Gasteiger partial charge in [0, 0.05) is 37.7 Å². The van der Waals surface area contributed by atoms with Crippen molar-refractivity contribution in [2.24, 2.45) is 0 Å². The number of hydrogen-bond donors (Lipinski definition) is 1. The summed E-state index contributed by atoms with van der Waals surface area (Å²) in [6.07, 6.45) is 1.33. The lowest BCUT2D eigenvalue weighted by Gasteiger charge is -2.28. The summed E-state index contributed by atoms with van der Waals surface area (Å²) in [4.78, 5) is 32.0. The minimum atomic E-state index is -0.371. The highest BCUT2D eigenvalue weighted by atomic mass is 35.5. The number of amides is 2. The highest BCUT2D eigenvalue weighted by Gasteiger charge is 2.17. The maximum Gasteiger partial charge on any atom is 0.255 e. The number of aromatic nitrogens is 1. The summed E-state index contributed by atoms with van der Waals surface area (Å²) in [5, 5.41) is 3.10. The molecule has 0 radical (unpaired) electrons. The number of pyridine rings is 1. The first-order chi connectivity index (χ1) is 13.4. The van der Waals surface area contributed by atoms with Crippen molar-refractivity contribution >= 4 is 46.4 Å². The van der Waals surface area contributed by atoms with Crippen LogP contribution in [-0.4, -0.2) is 61.6 Å². The number of nitrogens with zero attached hydrogens (tertiary/aromatic N) is 3. The monoisotopic (exact) mass is 422 g/mol. The van der Waals surface area contributed by atoms with Gasteiger partial charge in [-0.25, -0.2) is 4.98 Å². The standard InChI is InChI=1S/C19H20Cl2N4O3/c1-24(19(27)13-10-16(20)18(21)22-11-13)12-17(26)23-14-2-4-15(5-3-14)25-6-8-28-9-7-25/h2-5,10-11H,6-9,12H2,1H3,(H,23,26). The molecule has 0 saturated carbocycles. The van der Waals surface area contributed by atoms with Crippen molar-refractivity contribution in [3.05, 3.63) is 52.3 Å². The van der Waals surface area contributed by atoms with Crippen LogP contribution < -0.4 is 10.2 Å². The quantitative estimate of drug-likeness (QED) is 0.749. The molecule has 148 valence electrons. The third kappa shape index (κ3) is 5.13. The maximum absolute atomic E-state index is 12.4.